The van der Waals surface area contributed by atoms with Gasteiger partial charge in [0.2, 0.25) is 5.91 Å². The Hall–Kier alpha value is -1.55. The van der Waals surface area contributed by atoms with Gasteiger partial charge in [-0.2, -0.15) is 0 Å². The van der Waals surface area contributed by atoms with Crippen molar-refractivity contribution in [1.29, 1.82) is 0 Å². The van der Waals surface area contributed by atoms with Crippen LogP contribution >= 0.6 is 0 Å². The number of amides is 1. The largest absolute Gasteiger partial charge is 0.496 e. The van der Waals surface area contributed by atoms with Gasteiger partial charge in [0.15, 0.2) is 0 Å². The summed E-state index contributed by atoms with van der Waals surface area (Å²) in [7, 11) is 3.33. The van der Waals surface area contributed by atoms with E-state index in [-0.39, 0.29) is 18.6 Å². The molecule has 0 aliphatic rings. The number of rotatable bonds is 4. The normalized spacial score (nSPS) is 12.1. The predicted octanol–water partition coefficient (Wildman–Crippen LogP) is 1.82. The van der Waals surface area contributed by atoms with Crippen molar-refractivity contribution in [2.75, 3.05) is 20.8 Å². The monoisotopic (exact) mass is 251 g/mol. The average molecular weight is 251 g/mol. The highest BCUT2D eigenvalue weighted by molar-refractivity contribution is 5.73. The topological polar surface area (TPSA) is 49.8 Å². The molecule has 1 atom stereocenters. The van der Waals surface area contributed by atoms with Crippen molar-refractivity contribution in [3.8, 4) is 5.75 Å². The quantitative estimate of drug-likeness (QED) is 0.888. The number of hydrogen-bond donors (Lipinski definition) is 1. The van der Waals surface area contributed by atoms with E-state index >= 15 is 0 Å². The highest BCUT2D eigenvalue weighted by Gasteiger charge is 2.21. The van der Waals surface area contributed by atoms with Gasteiger partial charge in [-0.25, -0.2) is 0 Å². The molecule has 1 unspecified atom stereocenters. The Morgan fingerprint density at radius 3 is 2.44 bits per heavy atom. The lowest BCUT2D eigenvalue weighted by atomic mass is 9.97. The lowest BCUT2D eigenvalue weighted by Gasteiger charge is -2.27. The standard InChI is InChI=1S/C14H21NO3/c1-9-7-14(18-5)10(2)6-12(9)13(8-16)15(4)11(3)17/h6-7,13,16H,8H2,1-5H3. The maximum atomic E-state index is 11.4. The van der Waals surface area contributed by atoms with Gasteiger partial charge < -0.3 is 14.7 Å². The second kappa shape index (κ2) is 5.87. The molecule has 4 heteroatoms. The SMILES string of the molecule is COc1cc(C)c(C(CO)N(C)C(C)=O)cc1C. The number of likely N-dealkylation sites (N-methyl/N-ethyl adjacent to an activating group) is 1. The van der Waals surface area contributed by atoms with Crippen LogP contribution in [0.25, 0.3) is 0 Å². The van der Waals surface area contributed by atoms with E-state index in [0.717, 1.165) is 22.4 Å². The van der Waals surface area contributed by atoms with Gasteiger partial charge in [0.1, 0.15) is 5.75 Å². The number of aliphatic hydroxyl groups excluding tert-OH is 1. The minimum Gasteiger partial charge on any atom is -0.496 e. The number of benzene rings is 1. The molecule has 1 rings (SSSR count). The van der Waals surface area contributed by atoms with E-state index in [9.17, 15) is 9.90 Å². The number of carbonyl (C=O) groups excluding carboxylic acids is 1. The fraction of sp³-hybridized carbons (Fsp3) is 0.500. The van der Waals surface area contributed by atoms with Gasteiger partial charge >= 0.3 is 0 Å². The number of ether oxygens (including phenoxy) is 1. The van der Waals surface area contributed by atoms with Crippen LogP contribution in [0.4, 0.5) is 0 Å². The Bertz CT molecular complexity index is 443. The molecule has 0 aliphatic heterocycles. The van der Waals surface area contributed by atoms with E-state index in [4.69, 9.17) is 4.74 Å². The van der Waals surface area contributed by atoms with E-state index in [1.54, 1.807) is 19.1 Å². The molecule has 0 aromatic heterocycles. The lowest BCUT2D eigenvalue weighted by molar-refractivity contribution is -0.130. The van der Waals surface area contributed by atoms with E-state index < -0.39 is 0 Å². The molecule has 0 spiro atoms. The lowest BCUT2D eigenvalue weighted by Crippen LogP contribution is -2.31. The summed E-state index contributed by atoms with van der Waals surface area (Å²) >= 11 is 0. The molecule has 0 fully saturated rings. The van der Waals surface area contributed by atoms with Crippen molar-refractivity contribution in [3.05, 3.63) is 28.8 Å². The van der Waals surface area contributed by atoms with Crippen LogP contribution in [0.1, 0.15) is 29.7 Å². The molecule has 0 saturated heterocycles. The smallest absolute Gasteiger partial charge is 0.219 e. The molecule has 100 valence electrons. The minimum atomic E-state index is -0.313. The molecular formula is C14H21NO3. The van der Waals surface area contributed by atoms with Crippen LogP contribution in [0.15, 0.2) is 12.1 Å². The minimum absolute atomic E-state index is 0.0677. The average Bonchev–Trinajstić information content (AvgIpc) is 2.33. The van der Waals surface area contributed by atoms with Crippen molar-refractivity contribution in [2.24, 2.45) is 0 Å². The Kier molecular flexibility index (Phi) is 4.73. The summed E-state index contributed by atoms with van der Waals surface area (Å²) in [6.45, 7) is 5.30. The molecule has 1 aromatic carbocycles. The number of carbonyl (C=O) groups is 1. The van der Waals surface area contributed by atoms with Crippen LogP contribution in [0, 0.1) is 13.8 Å². The number of aliphatic hydroxyl groups is 1. The first-order chi connectivity index (χ1) is 8.42. The Balaban J connectivity index is 3.22. The fourth-order valence-electron chi connectivity index (χ4n) is 2.04. The summed E-state index contributed by atoms with van der Waals surface area (Å²) in [5.74, 6) is 0.750. The predicted molar refractivity (Wildman–Crippen MR) is 70.7 cm³/mol. The van der Waals surface area contributed by atoms with Gasteiger partial charge in [0.05, 0.1) is 19.8 Å². The first-order valence-electron chi connectivity index (χ1n) is 5.91. The van der Waals surface area contributed by atoms with E-state index in [2.05, 4.69) is 0 Å². The van der Waals surface area contributed by atoms with Crippen LogP contribution in [0.2, 0.25) is 0 Å². The van der Waals surface area contributed by atoms with Gasteiger partial charge in [-0.05, 0) is 42.7 Å². The van der Waals surface area contributed by atoms with Crippen molar-refractivity contribution >= 4 is 5.91 Å². The maximum absolute atomic E-state index is 11.4. The Morgan fingerprint density at radius 1 is 1.39 bits per heavy atom. The number of methoxy groups -OCH3 is 1. The van der Waals surface area contributed by atoms with Crippen LogP contribution in [-0.2, 0) is 4.79 Å². The second-order valence-corrected chi connectivity index (χ2v) is 4.51. The molecule has 1 amide bonds. The van der Waals surface area contributed by atoms with Gasteiger partial charge in [-0.15, -0.1) is 0 Å². The Morgan fingerprint density at radius 2 is 2.00 bits per heavy atom. The van der Waals surface area contributed by atoms with Crippen LogP contribution in [0.3, 0.4) is 0 Å². The van der Waals surface area contributed by atoms with Crippen molar-refractivity contribution in [1.82, 2.24) is 4.90 Å². The van der Waals surface area contributed by atoms with E-state index in [1.165, 1.54) is 6.92 Å². The molecule has 0 bridgehead atoms. The first-order valence-corrected chi connectivity index (χ1v) is 5.91. The summed E-state index contributed by atoms with van der Waals surface area (Å²) in [6, 6.07) is 3.59. The van der Waals surface area contributed by atoms with Crippen molar-refractivity contribution in [2.45, 2.75) is 26.8 Å². The van der Waals surface area contributed by atoms with E-state index in [0.29, 0.717) is 0 Å². The van der Waals surface area contributed by atoms with Crippen molar-refractivity contribution < 1.29 is 14.6 Å². The molecule has 4 nitrogen and oxygen atoms in total. The van der Waals surface area contributed by atoms with Gasteiger partial charge in [0, 0.05) is 14.0 Å². The zero-order chi connectivity index (χ0) is 13.9. The zero-order valence-electron chi connectivity index (χ0n) is 11.7. The fourth-order valence-corrected chi connectivity index (χ4v) is 2.04. The third-order valence-corrected chi connectivity index (χ3v) is 3.28. The van der Waals surface area contributed by atoms with Gasteiger partial charge in [0.25, 0.3) is 0 Å². The second-order valence-electron chi connectivity index (χ2n) is 4.51. The molecule has 18 heavy (non-hydrogen) atoms. The molecule has 1 aromatic rings. The highest BCUT2D eigenvalue weighted by Crippen LogP contribution is 2.29. The van der Waals surface area contributed by atoms with Crippen LogP contribution in [0.5, 0.6) is 5.75 Å². The summed E-state index contributed by atoms with van der Waals surface area (Å²) in [6.07, 6.45) is 0. The molecule has 0 heterocycles. The van der Waals surface area contributed by atoms with Crippen LogP contribution < -0.4 is 4.74 Å². The number of nitrogens with zero attached hydrogens (tertiary/aromatic N) is 1. The number of aryl methyl sites for hydroxylation is 2. The summed E-state index contributed by atoms with van der Waals surface area (Å²) < 4.78 is 5.26. The molecular weight excluding hydrogens is 230 g/mol. The maximum Gasteiger partial charge on any atom is 0.219 e. The van der Waals surface area contributed by atoms with Gasteiger partial charge in [-0.3, -0.25) is 4.79 Å². The molecule has 0 saturated carbocycles. The third kappa shape index (κ3) is 2.82. The summed E-state index contributed by atoms with van der Waals surface area (Å²) in [5, 5.41) is 9.52. The third-order valence-electron chi connectivity index (χ3n) is 3.28. The van der Waals surface area contributed by atoms with E-state index in [1.807, 2.05) is 26.0 Å². The van der Waals surface area contributed by atoms with Gasteiger partial charge in [-0.1, -0.05) is 0 Å². The van der Waals surface area contributed by atoms with Crippen LogP contribution in [-0.4, -0.2) is 36.7 Å². The molecule has 0 aliphatic carbocycles. The summed E-state index contributed by atoms with van der Waals surface area (Å²) in [5.41, 5.74) is 2.95. The van der Waals surface area contributed by atoms with Crippen molar-refractivity contribution in [3.63, 3.8) is 0 Å². The zero-order valence-corrected chi connectivity index (χ0v) is 11.7. The molecule has 1 N–H and O–H groups in total. The Labute approximate surface area is 108 Å². The number of hydrogen-bond acceptors (Lipinski definition) is 3. The highest BCUT2D eigenvalue weighted by atomic mass is 16.5. The summed E-state index contributed by atoms with van der Waals surface area (Å²) in [4.78, 5) is 13.0. The molecule has 0 radical (unpaired) electrons. The first kappa shape index (κ1) is 14.5.